The van der Waals surface area contributed by atoms with Gasteiger partial charge in [0.05, 0.1) is 11.3 Å². The van der Waals surface area contributed by atoms with E-state index in [-0.39, 0.29) is 16.3 Å². The second kappa shape index (κ2) is 7.11. The lowest BCUT2D eigenvalue weighted by molar-refractivity contribution is -0.138. The van der Waals surface area contributed by atoms with E-state index in [1.807, 2.05) is 0 Å². The predicted molar refractivity (Wildman–Crippen MR) is 85.9 cm³/mol. The zero-order chi connectivity index (χ0) is 18.0. The van der Waals surface area contributed by atoms with Crippen LogP contribution < -0.4 is 0 Å². The van der Waals surface area contributed by atoms with E-state index in [4.69, 9.17) is 11.6 Å². The molecule has 130 valence electrons. The Morgan fingerprint density at radius 2 is 1.92 bits per heavy atom. The van der Waals surface area contributed by atoms with Gasteiger partial charge < -0.3 is 0 Å². The molecule has 0 fully saturated rings. The van der Waals surface area contributed by atoms with E-state index in [9.17, 15) is 21.6 Å². The normalized spacial score (nSPS) is 13.7. The van der Waals surface area contributed by atoms with Gasteiger partial charge in [-0.1, -0.05) is 23.7 Å². The molecule has 1 unspecified atom stereocenters. The molecule has 0 amide bonds. The maximum Gasteiger partial charge on any atom is 0.389 e. The third-order valence-corrected chi connectivity index (χ3v) is 4.96. The number of rotatable bonds is 5. The lowest BCUT2D eigenvalue weighted by Gasteiger charge is -2.19. The van der Waals surface area contributed by atoms with E-state index in [2.05, 4.69) is 4.98 Å². The van der Waals surface area contributed by atoms with Crippen molar-refractivity contribution in [3.63, 3.8) is 0 Å². The van der Waals surface area contributed by atoms with Crippen molar-refractivity contribution in [2.75, 3.05) is 6.26 Å². The van der Waals surface area contributed by atoms with Gasteiger partial charge in [-0.15, -0.1) is 0 Å². The summed E-state index contributed by atoms with van der Waals surface area (Å²) >= 11 is 6.07. The Morgan fingerprint density at radius 3 is 2.42 bits per heavy atom. The molecular formula is C16H15ClF3NO2S. The lowest BCUT2D eigenvalue weighted by Crippen LogP contribution is -2.17. The molecule has 24 heavy (non-hydrogen) atoms. The number of nitrogens with zero attached hydrogens (tertiary/aromatic N) is 1. The van der Waals surface area contributed by atoms with Gasteiger partial charge in [0.1, 0.15) is 0 Å². The average molecular weight is 378 g/mol. The fourth-order valence-electron chi connectivity index (χ4n) is 2.37. The minimum absolute atomic E-state index is 0.0133. The average Bonchev–Trinajstić information content (AvgIpc) is 2.47. The van der Waals surface area contributed by atoms with Crippen LogP contribution in [0.5, 0.6) is 0 Å². The van der Waals surface area contributed by atoms with Crippen LogP contribution in [0.1, 0.15) is 23.6 Å². The second-order valence-electron chi connectivity index (χ2n) is 5.50. The Balaban J connectivity index is 2.33. The zero-order valence-corrected chi connectivity index (χ0v) is 14.3. The second-order valence-corrected chi connectivity index (χ2v) is 7.92. The van der Waals surface area contributed by atoms with Gasteiger partial charge in [-0.05, 0) is 36.2 Å². The summed E-state index contributed by atoms with van der Waals surface area (Å²) in [5.74, 6) is -0.896. The fourth-order valence-corrected chi connectivity index (χ4v) is 3.34. The van der Waals surface area contributed by atoms with Crippen molar-refractivity contribution >= 4 is 21.4 Å². The van der Waals surface area contributed by atoms with Crippen LogP contribution in [0.15, 0.2) is 47.5 Å². The lowest BCUT2D eigenvalue weighted by atomic mass is 9.92. The minimum atomic E-state index is -4.35. The number of hydrogen-bond acceptors (Lipinski definition) is 3. The third-order valence-electron chi connectivity index (χ3n) is 3.50. The summed E-state index contributed by atoms with van der Waals surface area (Å²) in [6.07, 6.45) is -2.89. The van der Waals surface area contributed by atoms with Gasteiger partial charge in [0, 0.05) is 29.1 Å². The van der Waals surface area contributed by atoms with Crippen molar-refractivity contribution in [3.8, 4) is 0 Å². The number of halogens is 4. The van der Waals surface area contributed by atoms with E-state index in [0.29, 0.717) is 11.3 Å². The molecule has 2 aromatic rings. The Labute approximate surface area is 143 Å². The number of hydrogen-bond donors (Lipinski definition) is 0. The molecule has 0 radical (unpaired) electrons. The Hall–Kier alpha value is -1.60. The van der Waals surface area contributed by atoms with Crippen molar-refractivity contribution < 1.29 is 21.6 Å². The summed E-state index contributed by atoms with van der Waals surface area (Å²) in [4.78, 5) is 4.04. The molecule has 0 saturated carbocycles. The molecule has 0 saturated heterocycles. The molecule has 1 heterocycles. The van der Waals surface area contributed by atoms with Gasteiger partial charge in [0.2, 0.25) is 0 Å². The van der Waals surface area contributed by atoms with Crippen LogP contribution >= 0.6 is 11.6 Å². The van der Waals surface area contributed by atoms with Gasteiger partial charge in [-0.3, -0.25) is 4.98 Å². The molecule has 1 aromatic carbocycles. The largest absolute Gasteiger partial charge is 0.389 e. The zero-order valence-electron chi connectivity index (χ0n) is 12.7. The molecule has 0 aliphatic carbocycles. The molecule has 2 rings (SSSR count). The molecule has 0 N–H and O–H groups in total. The van der Waals surface area contributed by atoms with Gasteiger partial charge in [0.25, 0.3) is 0 Å². The number of aromatic nitrogens is 1. The monoisotopic (exact) mass is 377 g/mol. The topological polar surface area (TPSA) is 47.0 Å². The van der Waals surface area contributed by atoms with Crippen LogP contribution in [0.4, 0.5) is 13.2 Å². The van der Waals surface area contributed by atoms with Crippen LogP contribution in [0.25, 0.3) is 0 Å². The molecule has 0 spiro atoms. The van der Waals surface area contributed by atoms with Crippen molar-refractivity contribution in [2.45, 2.75) is 29.8 Å². The van der Waals surface area contributed by atoms with Crippen molar-refractivity contribution in [3.05, 3.63) is 58.9 Å². The molecule has 0 aliphatic rings. The van der Waals surface area contributed by atoms with Crippen LogP contribution in [0.2, 0.25) is 5.02 Å². The maximum atomic E-state index is 12.9. The Bertz CT molecular complexity index is 808. The molecule has 8 heteroatoms. The van der Waals surface area contributed by atoms with Crippen LogP contribution in [0, 0.1) is 0 Å². The van der Waals surface area contributed by atoms with Gasteiger partial charge >= 0.3 is 6.18 Å². The highest BCUT2D eigenvalue weighted by molar-refractivity contribution is 7.90. The summed E-state index contributed by atoms with van der Waals surface area (Å²) in [5.41, 5.74) is 0.766. The molecule has 1 atom stereocenters. The molecule has 3 nitrogen and oxygen atoms in total. The van der Waals surface area contributed by atoms with Crippen molar-refractivity contribution in [1.29, 1.82) is 0 Å². The third kappa shape index (κ3) is 5.21. The molecular weight excluding hydrogens is 363 g/mol. The summed E-state index contributed by atoms with van der Waals surface area (Å²) in [6, 6.07) is 8.84. The quantitative estimate of drug-likeness (QED) is 0.775. The van der Waals surface area contributed by atoms with Gasteiger partial charge in [-0.2, -0.15) is 13.2 Å². The number of alkyl halides is 3. The summed E-state index contributed by atoms with van der Waals surface area (Å²) < 4.78 is 61.6. The predicted octanol–water partition coefficient (Wildman–Crippen LogP) is 4.42. The van der Waals surface area contributed by atoms with Crippen LogP contribution in [0.3, 0.4) is 0 Å². The van der Waals surface area contributed by atoms with Crippen molar-refractivity contribution in [1.82, 2.24) is 4.98 Å². The van der Waals surface area contributed by atoms with Crippen LogP contribution in [-0.2, 0) is 16.3 Å². The number of sulfone groups is 1. The molecule has 0 aliphatic heterocycles. The highest BCUT2D eigenvalue weighted by Gasteiger charge is 2.33. The first-order valence-electron chi connectivity index (χ1n) is 7.02. The minimum Gasteiger partial charge on any atom is -0.261 e. The van der Waals surface area contributed by atoms with E-state index >= 15 is 0 Å². The first-order valence-corrected chi connectivity index (χ1v) is 9.29. The smallest absolute Gasteiger partial charge is 0.261 e. The maximum absolute atomic E-state index is 12.9. The number of pyridine rings is 1. The summed E-state index contributed by atoms with van der Waals surface area (Å²) in [7, 11) is -3.43. The standard InChI is InChI=1S/C16H15ClF3NO2S/c1-24(22,23)13-6-5-11(14(17)9-13)8-12(10-16(18,19)20)15-4-2-3-7-21-15/h2-7,9,12H,8,10H2,1H3. The van der Waals surface area contributed by atoms with E-state index in [0.717, 1.165) is 6.26 Å². The number of benzene rings is 1. The molecule has 1 aromatic heterocycles. The Morgan fingerprint density at radius 1 is 1.21 bits per heavy atom. The highest BCUT2D eigenvalue weighted by Crippen LogP contribution is 2.34. The summed E-state index contributed by atoms with van der Waals surface area (Å²) in [5, 5.41) is 0.126. The van der Waals surface area contributed by atoms with Gasteiger partial charge in [0.15, 0.2) is 9.84 Å². The van der Waals surface area contributed by atoms with E-state index in [1.54, 1.807) is 12.1 Å². The van der Waals surface area contributed by atoms with E-state index in [1.165, 1.54) is 30.5 Å². The Kier molecular flexibility index (Phi) is 5.55. The summed E-state index contributed by atoms with van der Waals surface area (Å²) in [6.45, 7) is 0. The van der Waals surface area contributed by atoms with Crippen molar-refractivity contribution in [2.24, 2.45) is 0 Å². The van der Waals surface area contributed by atoms with E-state index < -0.39 is 28.4 Å². The first-order chi connectivity index (χ1) is 11.1. The van der Waals surface area contributed by atoms with Gasteiger partial charge in [-0.25, -0.2) is 8.42 Å². The SMILES string of the molecule is CS(=O)(=O)c1ccc(CC(CC(F)(F)F)c2ccccn2)c(Cl)c1. The van der Waals surface area contributed by atoms with Crippen LogP contribution in [-0.4, -0.2) is 25.8 Å². The first kappa shape index (κ1) is 18.7. The molecule has 0 bridgehead atoms. The fraction of sp³-hybridized carbons (Fsp3) is 0.312. The highest BCUT2D eigenvalue weighted by atomic mass is 35.5.